The molecule has 2 rings (SSSR count). The van der Waals surface area contributed by atoms with Gasteiger partial charge in [-0.15, -0.1) is 0 Å². The summed E-state index contributed by atoms with van der Waals surface area (Å²) < 4.78 is 5.98. The zero-order valence-electron chi connectivity index (χ0n) is 7.76. The molecule has 1 heteroatoms. The molecular formula is C10H18O. The topological polar surface area (TPSA) is 9.23 Å². The van der Waals surface area contributed by atoms with Gasteiger partial charge in [0.05, 0.1) is 11.7 Å². The monoisotopic (exact) mass is 154 g/mol. The number of fused-ring (bicyclic) bond motifs is 2. The fraction of sp³-hybridized carbons (Fsp3) is 1.00. The Bertz CT molecular complexity index is 162. The van der Waals surface area contributed by atoms with E-state index >= 15 is 0 Å². The van der Waals surface area contributed by atoms with E-state index in [1.165, 1.54) is 19.3 Å². The minimum atomic E-state index is 0.176. The van der Waals surface area contributed by atoms with Gasteiger partial charge >= 0.3 is 0 Å². The number of hydrogen-bond acceptors (Lipinski definition) is 1. The molecule has 0 radical (unpaired) electrons. The second kappa shape index (κ2) is 2.22. The van der Waals surface area contributed by atoms with Crippen molar-refractivity contribution < 1.29 is 4.74 Å². The van der Waals surface area contributed by atoms with E-state index in [0.717, 1.165) is 11.8 Å². The van der Waals surface area contributed by atoms with Crippen molar-refractivity contribution in [2.75, 3.05) is 0 Å². The molecular weight excluding hydrogens is 136 g/mol. The van der Waals surface area contributed by atoms with Crippen LogP contribution >= 0.6 is 0 Å². The molecule has 1 nitrogen and oxygen atoms in total. The van der Waals surface area contributed by atoms with Gasteiger partial charge in [0, 0.05) is 0 Å². The van der Waals surface area contributed by atoms with E-state index in [9.17, 15) is 0 Å². The molecule has 3 atom stereocenters. The zero-order valence-corrected chi connectivity index (χ0v) is 7.76. The Morgan fingerprint density at radius 1 is 1.27 bits per heavy atom. The van der Waals surface area contributed by atoms with Gasteiger partial charge in [0.25, 0.3) is 0 Å². The van der Waals surface area contributed by atoms with Crippen molar-refractivity contribution in [2.24, 2.45) is 11.8 Å². The van der Waals surface area contributed by atoms with E-state index < -0.39 is 0 Å². The lowest BCUT2D eigenvalue weighted by atomic mass is 9.78. The first-order chi connectivity index (χ1) is 5.09. The van der Waals surface area contributed by atoms with Crippen LogP contribution in [0.1, 0.15) is 40.0 Å². The van der Waals surface area contributed by atoms with Crippen molar-refractivity contribution in [3.05, 3.63) is 0 Å². The molecule has 1 heterocycles. The highest BCUT2D eigenvalue weighted by Crippen LogP contribution is 2.46. The standard InChI is InChI=1S/C10H18O/c1-7-4-5-8-6-9(7)11-10(8,2)3/h7-9H,4-6H2,1-3H3/t7-,8-,9-/m1/s1. The molecule has 1 aliphatic carbocycles. The summed E-state index contributed by atoms with van der Waals surface area (Å²) in [6, 6.07) is 0. The van der Waals surface area contributed by atoms with Crippen LogP contribution in [0, 0.1) is 11.8 Å². The Morgan fingerprint density at radius 3 is 2.64 bits per heavy atom. The lowest BCUT2D eigenvalue weighted by molar-refractivity contribution is -0.0373. The summed E-state index contributed by atoms with van der Waals surface area (Å²) in [6.07, 6.45) is 4.64. The SMILES string of the molecule is C[C@@H]1CC[C@@H]2C[C@H]1OC2(C)C. The molecule has 2 fully saturated rings. The van der Waals surface area contributed by atoms with Gasteiger partial charge in [-0.3, -0.25) is 0 Å². The average Bonchev–Trinajstić information content (AvgIpc) is 2.16. The van der Waals surface area contributed by atoms with Crippen molar-refractivity contribution in [2.45, 2.75) is 51.7 Å². The molecule has 0 unspecified atom stereocenters. The maximum Gasteiger partial charge on any atom is 0.0659 e. The van der Waals surface area contributed by atoms with Gasteiger partial charge in [0.1, 0.15) is 0 Å². The third-order valence-electron chi connectivity index (χ3n) is 3.56. The van der Waals surface area contributed by atoms with Gasteiger partial charge in [-0.1, -0.05) is 6.92 Å². The van der Waals surface area contributed by atoms with E-state index in [1.807, 2.05) is 0 Å². The number of hydrogen-bond donors (Lipinski definition) is 0. The molecule has 0 aromatic carbocycles. The normalized spacial score (nSPS) is 47.7. The van der Waals surface area contributed by atoms with Crippen LogP contribution in [0.4, 0.5) is 0 Å². The summed E-state index contributed by atoms with van der Waals surface area (Å²) in [5.74, 6) is 1.64. The summed E-state index contributed by atoms with van der Waals surface area (Å²) in [5, 5.41) is 0. The molecule has 1 saturated heterocycles. The fourth-order valence-electron chi connectivity index (χ4n) is 2.56. The molecule has 0 spiro atoms. The van der Waals surface area contributed by atoms with Crippen molar-refractivity contribution in [1.82, 2.24) is 0 Å². The molecule has 1 aliphatic heterocycles. The maximum atomic E-state index is 5.98. The van der Waals surface area contributed by atoms with Crippen molar-refractivity contribution in [1.29, 1.82) is 0 Å². The first-order valence-electron chi connectivity index (χ1n) is 4.77. The summed E-state index contributed by atoms with van der Waals surface area (Å²) in [4.78, 5) is 0. The van der Waals surface area contributed by atoms with E-state index in [-0.39, 0.29) is 5.60 Å². The minimum absolute atomic E-state index is 0.176. The highest BCUT2D eigenvalue weighted by Gasteiger charge is 2.46. The Kier molecular flexibility index (Phi) is 1.54. The quantitative estimate of drug-likeness (QED) is 0.521. The first-order valence-corrected chi connectivity index (χ1v) is 4.77. The second-order valence-electron chi connectivity index (χ2n) is 4.75. The van der Waals surface area contributed by atoms with Crippen LogP contribution in [-0.4, -0.2) is 11.7 Å². The lowest BCUT2D eigenvalue weighted by Crippen LogP contribution is -2.26. The van der Waals surface area contributed by atoms with Crippen LogP contribution in [0.3, 0.4) is 0 Å². The lowest BCUT2D eigenvalue weighted by Gasteiger charge is -2.25. The molecule has 0 aromatic heterocycles. The van der Waals surface area contributed by atoms with Gasteiger partial charge in [-0.05, 0) is 44.9 Å². The Hall–Kier alpha value is -0.0400. The van der Waals surface area contributed by atoms with Crippen LogP contribution in [-0.2, 0) is 4.74 Å². The Labute approximate surface area is 69.1 Å². The number of ether oxygens (including phenoxy) is 1. The van der Waals surface area contributed by atoms with Crippen LogP contribution in [0.5, 0.6) is 0 Å². The summed E-state index contributed by atoms with van der Waals surface area (Å²) >= 11 is 0. The third kappa shape index (κ3) is 1.10. The summed E-state index contributed by atoms with van der Waals surface area (Å²) in [5.41, 5.74) is 0.176. The third-order valence-corrected chi connectivity index (χ3v) is 3.56. The smallest absolute Gasteiger partial charge is 0.0659 e. The molecule has 2 bridgehead atoms. The molecule has 0 N–H and O–H groups in total. The predicted octanol–water partition coefficient (Wildman–Crippen LogP) is 2.60. The van der Waals surface area contributed by atoms with E-state index in [0.29, 0.717) is 6.10 Å². The van der Waals surface area contributed by atoms with Crippen LogP contribution in [0.25, 0.3) is 0 Å². The van der Waals surface area contributed by atoms with E-state index in [1.54, 1.807) is 0 Å². The Morgan fingerprint density at radius 2 is 2.00 bits per heavy atom. The van der Waals surface area contributed by atoms with Gasteiger partial charge in [0.15, 0.2) is 0 Å². The van der Waals surface area contributed by atoms with Crippen molar-refractivity contribution in [3.8, 4) is 0 Å². The van der Waals surface area contributed by atoms with Gasteiger partial charge in [-0.2, -0.15) is 0 Å². The van der Waals surface area contributed by atoms with Gasteiger partial charge in [-0.25, -0.2) is 0 Å². The van der Waals surface area contributed by atoms with Crippen molar-refractivity contribution >= 4 is 0 Å². The van der Waals surface area contributed by atoms with Crippen molar-refractivity contribution in [3.63, 3.8) is 0 Å². The van der Waals surface area contributed by atoms with Crippen LogP contribution in [0.2, 0.25) is 0 Å². The fourth-order valence-corrected chi connectivity index (χ4v) is 2.56. The zero-order chi connectivity index (χ0) is 8.06. The summed E-state index contributed by atoms with van der Waals surface area (Å²) in [6.45, 7) is 6.81. The Balaban J connectivity index is 2.16. The van der Waals surface area contributed by atoms with Gasteiger partial charge < -0.3 is 4.74 Å². The summed E-state index contributed by atoms with van der Waals surface area (Å²) in [7, 11) is 0. The molecule has 0 amide bonds. The minimum Gasteiger partial charge on any atom is -0.372 e. The largest absolute Gasteiger partial charge is 0.372 e. The van der Waals surface area contributed by atoms with E-state index in [4.69, 9.17) is 4.74 Å². The molecule has 1 saturated carbocycles. The molecule has 11 heavy (non-hydrogen) atoms. The van der Waals surface area contributed by atoms with Crippen LogP contribution < -0.4 is 0 Å². The molecule has 64 valence electrons. The van der Waals surface area contributed by atoms with E-state index in [2.05, 4.69) is 20.8 Å². The van der Waals surface area contributed by atoms with Crippen LogP contribution in [0.15, 0.2) is 0 Å². The predicted molar refractivity (Wildman–Crippen MR) is 45.5 cm³/mol. The average molecular weight is 154 g/mol. The highest BCUT2D eigenvalue weighted by atomic mass is 16.5. The molecule has 0 aromatic rings. The maximum absolute atomic E-state index is 5.98. The number of rotatable bonds is 0. The second-order valence-corrected chi connectivity index (χ2v) is 4.75. The molecule has 2 aliphatic rings. The van der Waals surface area contributed by atoms with Gasteiger partial charge in [0.2, 0.25) is 0 Å². The highest BCUT2D eigenvalue weighted by molar-refractivity contribution is 4.95. The first kappa shape index (κ1) is 7.60.